The van der Waals surface area contributed by atoms with Crippen molar-refractivity contribution >= 4 is 5.97 Å². The molecule has 1 saturated heterocycles. The maximum atomic E-state index is 11.6. The van der Waals surface area contributed by atoms with Crippen molar-refractivity contribution in [1.29, 1.82) is 0 Å². The molecular weight excluding hydrogens is 256 g/mol. The molecule has 0 aromatic heterocycles. The summed E-state index contributed by atoms with van der Waals surface area (Å²) < 4.78 is 16.5. The Morgan fingerprint density at radius 3 is 2.75 bits per heavy atom. The standard InChI is InChI=1S/C16H20O4/c1-11(2)16(17)20-12(3)14-9-18-10-19-15(14)13-7-5-4-6-8-13/h4-8,12,14-15H,1,9-10H2,2-3H3. The van der Waals surface area contributed by atoms with E-state index in [0.29, 0.717) is 12.2 Å². The van der Waals surface area contributed by atoms with Gasteiger partial charge in [-0.15, -0.1) is 0 Å². The predicted octanol–water partition coefficient (Wildman–Crippen LogP) is 2.86. The van der Waals surface area contributed by atoms with Crippen LogP contribution in [0.25, 0.3) is 0 Å². The minimum Gasteiger partial charge on any atom is -0.459 e. The van der Waals surface area contributed by atoms with Gasteiger partial charge in [-0.05, 0) is 19.4 Å². The smallest absolute Gasteiger partial charge is 0.333 e. The average Bonchev–Trinajstić information content (AvgIpc) is 2.48. The lowest BCUT2D eigenvalue weighted by atomic mass is 9.91. The molecule has 4 heteroatoms. The third kappa shape index (κ3) is 3.46. The Morgan fingerprint density at radius 2 is 2.10 bits per heavy atom. The van der Waals surface area contributed by atoms with Crippen molar-refractivity contribution in [2.24, 2.45) is 5.92 Å². The van der Waals surface area contributed by atoms with E-state index in [-0.39, 0.29) is 30.9 Å². The van der Waals surface area contributed by atoms with Crippen LogP contribution >= 0.6 is 0 Å². The van der Waals surface area contributed by atoms with E-state index in [4.69, 9.17) is 14.2 Å². The lowest BCUT2D eigenvalue weighted by molar-refractivity contribution is -0.198. The zero-order valence-corrected chi connectivity index (χ0v) is 11.9. The summed E-state index contributed by atoms with van der Waals surface area (Å²) in [5, 5.41) is 0. The minimum absolute atomic E-state index is 0.0329. The van der Waals surface area contributed by atoms with Gasteiger partial charge < -0.3 is 14.2 Å². The topological polar surface area (TPSA) is 44.8 Å². The van der Waals surface area contributed by atoms with E-state index in [1.807, 2.05) is 37.3 Å². The van der Waals surface area contributed by atoms with Crippen LogP contribution < -0.4 is 0 Å². The lowest BCUT2D eigenvalue weighted by Gasteiger charge is -2.35. The Bertz CT molecular complexity index is 469. The number of hydrogen-bond donors (Lipinski definition) is 0. The molecule has 3 unspecified atom stereocenters. The van der Waals surface area contributed by atoms with Gasteiger partial charge in [-0.1, -0.05) is 36.9 Å². The fourth-order valence-corrected chi connectivity index (χ4v) is 2.24. The third-order valence-electron chi connectivity index (χ3n) is 3.40. The first-order valence-corrected chi connectivity index (χ1v) is 6.70. The van der Waals surface area contributed by atoms with Crippen LogP contribution in [0.3, 0.4) is 0 Å². The highest BCUT2D eigenvalue weighted by Crippen LogP contribution is 2.33. The van der Waals surface area contributed by atoms with Crippen molar-refractivity contribution in [1.82, 2.24) is 0 Å². The van der Waals surface area contributed by atoms with E-state index in [1.165, 1.54) is 0 Å². The quantitative estimate of drug-likeness (QED) is 0.626. The predicted molar refractivity (Wildman–Crippen MR) is 74.9 cm³/mol. The highest BCUT2D eigenvalue weighted by Gasteiger charge is 2.34. The molecule has 0 spiro atoms. The van der Waals surface area contributed by atoms with E-state index >= 15 is 0 Å². The van der Waals surface area contributed by atoms with Gasteiger partial charge in [0.15, 0.2) is 0 Å². The molecule has 1 fully saturated rings. The Hall–Kier alpha value is -1.65. The van der Waals surface area contributed by atoms with Gasteiger partial charge in [-0.3, -0.25) is 0 Å². The number of rotatable bonds is 4. The van der Waals surface area contributed by atoms with Crippen LogP contribution in [-0.2, 0) is 19.0 Å². The van der Waals surface area contributed by atoms with E-state index in [0.717, 1.165) is 5.56 Å². The third-order valence-corrected chi connectivity index (χ3v) is 3.40. The van der Waals surface area contributed by atoms with Crippen molar-refractivity contribution in [3.63, 3.8) is 0 Å². The highest BCUT2D eigenvalue weighted by molar-refractivity contribution is 5.87. The fraction of sp³-hybridized carbons (Fsp3) is 0.438. The van der Waals surface area contributed by atoms with Crippen LogP contribution in [0.2, 0.25) is 0 Å². The van der Waals surface area contributed by atoms with E-state index < -0.39 is 0 Å². The molecule has 0 bridgehead atoms. The van der Waals surface area contributed by atoms with Crippen molar-refractivity contribution in [2.45, 2.75) is 26.1 Å². The summed E-state index contributed by atoms with van der Waals surface area (Å²) in [6.45, 7) is 7.86. The Morgan fingerprint density at radius 1 is 1.40 bits per heavy atom. The van der Waals surface area contributed by atoms with Crippen LogP contribution in [0, 0.1) is 5.92 Å². The summed E-state index contributed by atoms with van der Waals surface area (Å²) in [6, 6.07) is 9.92. The van der Waals surface area contributed by atoms with Crippen LogP contribution in [0.15, 0.2) is 42.5 Å². The lowest BCUT2D eigenvalue weighted by Crippen LogP contribution is -2.37. The molecule has 2 rings (SSSR count). The number of ether oxygens (including phenoxy) is 3. The highest BCUT2D eigenvalue weighted by atomic mass is 16.7. The Balaban J connectivity index is 2.11. The van der Waals surface area contributed by atoms with Gasteiger partial charge in [0.1, 0.15) is 12.9 Å². The number of esters is 1. The molecule has 0 aliphatic carbocycles. The Labute approximate surface area is 119 Å². The van der Waals surface area contributed by atoms with E-state index in [9.17, 15) is 4.79 Å². The van der Waals surface area contributed by atoms with Gasteiger partial charge in [-0.25, -0.2) is 4.79 Å². The number of carbonyl (C=O) groups excluding carboxylic acids is 1. The molecule has 0 amide bonds. The molecule has 0 saturated carbocycles. The van der Waals surface area contributed by atoms with Crippen molar-refractivity contribution < 1.29 is 19.0 Å². The first-order valence-electron chi connectivity index (χ1n) is 6.70. The second kappa shape index (κ2) is 6.68. The van der Waals surface area contributed by atoms with Crippen molar-refractivity contribution in [3.05, 3.63) is 48.0 Å². The van der Waals surface area contributed by atoms with Gasteiger partial charge in [0.2, 0.25) is 0 Å². The Kier molecular flexibility index (Phi) is 4.93. The molecule has 1 aliphatic rings. The fourth-order valence-electron chi connectivity index (χ4n) is 2.24. The first-order chi connectivity index (χ1) is 9.59. The van der Waals surface area contributed by atoms with Gasteiger partial charge in [0.25, 0.3) is 0 Å². The van der Waals surface area contributed by atoms with Gasteiger partial charge in [0.05, 0.1) is 12.7 Å². The summed E-state index contributed by atoms with van der Waals surface area (Å²) >= 11 is 0. The molecule has 1 heterocycles. The maximum absolute atomic E-state index is 11.6. The molecule has 20 heavy (non-hydrogen) atoms. The zero-order chi connectivity index (χ0) is 14.5. The van der Waals surface area contributed by atoms with Crippen LogP contribution in [0.5, 0.6) is 0 Å². The molecule has 3 atom stereocenters. The van der Waals surface area contributed by atoms with E-state index in [2.05, 4.69) is 6.58 Å². The molecule has 0 radical (unpaired) electrons. The van der Waals surface area contributed by atoms with Gasteiger partial charge in [-0.2, -0.15) is 0 Å². The van der Waals surface area contributed by atoms with Gasteiger partial charge >= 0.3 is 5.97 Å². The molecule has 4 nitrogen and oxygen atoms in total. The molecule has 1 aliphatic heterocycles. The summed E-state index contributed by atoms with van der Waals surface area (Å²) in [6.07, 6.45) is -0.428. The first kappa shape index (κ1) is 14.8. The second-order valence-corrected chi connectivity index (χ2v) is 5.04. The summed E-state index contributed by atoms with van der Waals surface area (Å²) in [7, 11) is 0. The van der Waals surface area contributed by atoms with Gasteiger partial charge in [0, 0.05) is 11.5 Å². The number of hydrogen-bond acceptors (Lipinski definition) is 4. The van der Waals surface area contributed by atoms with Crippen LogP contribution in [-0.4, -0.2) is 25.5 Å². The molecule has 1 aromatic carbocycles. The SMILES string of the molecule is C=C(C)C(=O)OC(C)C1COCOC1c1ccccc1. The van der Waals surface area contributed by atoms with Crippen LogP contribution in [0.4, 0.5) is 0 Å². The van der Waals surface area contributed by atoms with Crippen molar-refractivity contribution in [3.8, 4) is 0 Å². The number of benzene rings is 1. The summed E-state index contributed by atoms with van der Waals surface area (Å²) in [5.74, 6) is -0.413. The molecule has 1 aromatic rings. The summed E-state index contributed by atoms with van der Waals surface area (Å²) in [5.41, 5.74) is 1.46. The maximum Gasteiger partial charge on any atom is 0.333 e. The zero-order valence-electron chi connectivity index (χ0n) is 11.9. The van der Waals surface area contributed by atoms with Crippen LogP contribution in [0.1, 0.15) is 25.5 Å². The molecule has 108 valence electrons. The number of carbonyl (C=O) groups is 1. The molecule has 0 N–H and O–H groups in total. The average molecular weight is 276 g/mol. The monoisotopic (exact) mass is 276 g/mol. The molecular formula is C16H20O4. The minimum atomic E-state index is -0.380. The van der Waals surface area contributed by atoms with Crippen molar-refractivity contribution in [2.75, 3.05) is 13.4 Å². The summed E-state index contributed by atoms with van der Waals surface area (Å²) in [4.78, 5) is 11.6. The second-order valence-electron chi connectivity index (χ2n) is 5.04. The van der Waals surface area contributed by atoms with E-state index in [1.54, 1.807) is 6.92 Å². The normalized spacial score (nSPS) is 23.9. The largest absolute Gasteiger partial charge is 0.459 e.